The molecule has 0 amide bonds. The van der Waals surface area contributed by atoms with Gasteiger partial charge in [0.25, 0.3) is 0 Å². The molecular formula is C74H118B4BrN13O8. The lowest BCUT2D eigenvalue weighted by Gasteiger charge is -2.32. The molecule has 0 atom stereocenters. The Kier molecular flexibility index (Phi) is 40.3. The van der Waals surface area contributed by atoms with Crippen LogP contribution in [0.5, 0.6) is 0 Å². The zero-order chi connectivity index (χ0) is 71.7. The lowest BCUT2D eigenvalue weighted by atomic mass is 9.80. The van der Waals surface area contributed by atoms with E-state index in [0.29, 0.717) is 35.5 Å². The Morgan fingerprint density at radius 1 is 0.440 bits per heavy atom. The average Bonchev–Trinajstić information content (AvgIpc) is 0.885. The maximum atomic E-state index is 11.7. The topological polar surface area (TPSA) is 264 Å². The van der Waals surface area contributed by atoms with Crippen LogP contribution < -0.4 is 34.7 Å². The lowest BCUT2D eigenvalue weighted by Crippen LogP contribution is -2.44. The first kappa shape index (κ1) is 83.3. The number of nitrogens with one attached hydrogen (secondary N) is 3. The Bertz CT molecular complexity index is 3050. The predicted octanol–water partition coefficient (Wildman–Crippen LogP) is 8.87. The van der Waals surface area contributed by atoms with E-state index in [1.807, 2.05) is 90.8 Å². The van der Waals surface area contributed by atoms with Crippen LogP contribution in [0, 0.1) is 20.8 Å². The van der Waals surface area contributed by atoms with Crippen LogP contribution >= 0.6 is 15.9 Å². The molecular weight excluding hydrogens is 1320 g/mol. The van der Waals surface area contributed by atoms with E-state index >= 15 is 0 Å². The van der Waals surface area contributed by atoms with Crippen molar-refractivity contribution >= 4 is 44.1 Å². The summed E-state index contributed by atoms with van der Waals surface area (Å²) in [5.41, 5.74) is 6.13. The van der Waals surface area contributed by atoms with Gasteiger partial charge in [0.15, 0.2) is 47.6 Å². The van der Waals surface area contributed by atoms with Crippen LogP contribution in [0.3, 0.4) is 0 Å². The van der Waals surface area contributed by atoms with Gasteiger partial charge in [-0.3, -0.25) is 9.97 Å². The van der Waals surface area contributed by atoms with Crippen LogP contribution in [-0.2, 0) is 0 Å². The van der Waals surface area contributed by atoms with Gasteiger partial charge in [-0.15, -0.1) is 0 Å². The minimum Gasteiger partial charge on any atom is -0.618 e. The molecule has 5 aliphatic heterocycles. The summed E-state index contributed by atoms with van der Waals surface area (Å²) in [6.45, 7) is 23.5. The van der Waals surface area contributed by atoms with Crippen molar-refractivity contribution in [2.45, 2.75) is 185 Å². The first-order chi connectivity index (χ1) is 48.5. The molecule has 6 aromatic heterocycles. The number of hydrogen-bond donors (Lipinski definition) is 7. The Balaban J connectivity index is 0.000000186. The second kappa shape index (κ2) is 48.4. The summed E-state index contributed by atoms with van der Waals surface area (Å²) in [5, 5.41) is 93.1. The molecule has 100 heavy (non-hydrogen) atoms. The molecule has 0 radical (unpaired) electrons. The number of halogens is 1. The fraction of sp³-hybridized carbons (Fsp3) is 0.595. The predicted molar refractivity (Wildman–Crippen MR) is 409 cm³/mol. The van der Waals surface area contributed by atoms with Crippen molar-refractivity contribution in [2.75, 3.05) is 97.0 Å². The van der Waals surface area contributed by atoms with Crippen LogP contribution in [0.25, 0.3) is 0 Å². The number of alkyl halides is 1. The molecule has 12 rings (SSSR count). The minimum absolute atomic E-state index is 0.310. The number of rotatable bonds is 19. The zero-order valence-electron chi connectivity index (χ0n) is 60.7. The number of nitrogens with zero attached hydrogens (tertiary/aromatic N) is 10. The first-order valence-corrected chi connectivity index (χ1v) is 38.6. The van der Waals surface area contributed by atoms with Crippen LogP contribution in [0.1, 0.15) is 192 Å². The van der Waals surface area contributed by atoms with Crippen molar-refractivity contribution in [1.29, 1.82) is 0 Å². The van der Waals surface area contributed by atoms with Crippen molar-refractivity contribution in [3.8, 4) is 0 Å². The van der Waals surface area contributed by atoms with Crippen molar-refractivity contribution < 1.29 is 39.0 Å². The first-order valence-electron chi connectivity index (χ1n) is 37.5. The van der Waals surface area contributed by atoms with Gasteiger partial charge in [-0.2, -0.15) is 18.9 Å². The highest BCUT2D eigenvalue weighted by atomic mass is 79.9. The third kappa shape index (κ3) is 31.2. The van der Waals surface area contributed by atoms with E-state index in [2.05, 4.69) is 81.4 Å². The Labute approximate surface area is 608 Å². The third-order valence-electron chi connectivity index (χ3n) is 20.0. The lowest BCUT2D eigenvalue weighted by molar-refractivity contribution is -0.616. The van der Waals surface area contributed by atoms with Crippen LogP contribution in [0.15, 0.2) is 146 Å². The van der Waals surface area contributed by atoms with E-state index in [1.54, 1.807) is 69.5 Å². The standard InChI is InChI=1S/C14H24BN3O2.C14H22N2O.C11H17BN2O2.C11H17BN2O.C11H15NO.C10H14N2.C3H9BBrNO/c1-15(19)16-8-4-9-17-11-6-13(7-12-17)14-5-2-3-10-18(14)20;1-2-3-9-15-11-7-13(8-12-15)14-6-4-5-10-16(14)17;1-12(15)13-8-5-10(6-9-13)11-4-2-3-7-14(11)16;1-12(15)14-8-5-10(6-9-14)11-4-2-3-7-13-11;13-12-9-5-4-8-11(12)10-6-2-1-3-7-10;1-2-6-12-10(3-1)9-4-7-11-8-5-9;1-4(7)6-3-2-5/h2-3,5,10,13,16,19H,4,6-9,11-12H2,1H3;4-6,10,13H,2-3,7-9,11-12H2,1H3;2-4,7,10,15H,5-6,8-9H2,1H3;2-4,7,10,15H,5-6,8-9H2,1H3;4-5,8-10H,1-3,6-7H2;1-3,6,9,11H,4-5,7-8H2;6-7H,2-3H2,1H3. The van der Waals surface area contributed by atoms with Gasteiger partial charge >= 0.3 is 28.2 Å². The van der Waals surface area contributed by atoms with Crippen LogP contribution in [0.4, 0.5) is 0 Å². The summed E-state index contributed by atoms with van der Waals surface area (Å²) in [6.07, 6.45) is 30.8. The van der Waals surface area contributed by atoms with E-state index in [1.165, 1.54) is 75.7 Å². The summed E-state index contributed by atoms with van der Waals surface area (Å²) in [6, 6.07) is 35.0. The molecule has 1 aliphatic carbocycles. The molecule has 26 heteroatoms. The molecule has 6 aliphatic rings. The van der Waals surface area contributed by atoms with Gasteiger partial charge in [-0.1, -0.05) is 84.9 Å². The Hall–Kier alpha value is -5.60. The molecule has 546 valence electrons. The van der Waals surface area contributed by atoms with Gasteiger partial charge in [0.1, 0.15) is 0 Å². The van der Waals surface area contributed by atoms with Crippen molar-refractivity contribution in [2.24, 2.45) is 0 Å². The van der Waals surface area contributed by atoms with E-state index in [-0.39, 0.29) is 21.2 Å². The molecule has 11 heterocycles. The van der Waals surface area contributed by atoms with E-state index < -0.39 is 7.05 Å². The summed E-state index contributed by atoms with van der Waals surface area (Å²) < 4.78 is 4.03. The summed E-state index contributed by atoms with van der Waals surface area (Å²) in [5.74, 6) is 2.93. The van der Waals surface area contributed by atoms with Crippen molar-refractivity contribution in [1.82, 2.24) is 45.2 Å². The number of unbranched alkanes of at least 4 members (excludes halogenated alkanes) is 1. The van der Waals surface area contributed by atoms with Gasteiger partial charge in [0.2, 0.25) is 0 Å². The zero-order valence-corrected chi connectivity index (χ0v) is 62.3. The normalized spacial score (nSPS) is 17.8. The number of piperidine rings is 5. The van der Waals surface area contributed by atoms with Crippen molar-refractivity contribution in [3.63, 3.8) is 0 Å². The van der Waals surface area contributed by atoms with Gasteiger partial charge in [0.05, 0.1) is 0 Å². The molecule has 0 aromatic carbocycles. The Morgan fingerprint density at radius 3 is 1.11 bits per heavy atom. The highest BCUT2D eigenvalue weighted by Crippen LogP contribution is 2.32. The smallest absolute Gasteiger partial charge is 0.376 e. The fourth-order valence-electron chi connectivity index (χ4n) is 14.1. The molecule has 0 bridgehead atoms. The SMILES string of the molecule is CB(O)N1CCC(c2cccc[n+]2[O-])CC1.CB(O)N1CCC(c2ccccn2)CC1.CB(O)NCCBr.CB(O)NCCCN1CCC(c2cccc[n+]2[O-])CC1.CCCCN1CCC(c2cccc[n+]2[O-])CC1.[O-][n+]1ccccc1C1CCCCC1.c1ccc(C2CCNCC2)nc1. The highest BCUT2D eigenvalue weighted by molar-refractivity contribution is 9.09. The van der Waals surface area contributed by atoms with Crippen LogP contribution in [0.2, 0.25) is 27.3 Å². The molecule has 5 saturated heterocycles. The maximum Gasteiger partial charge on any atom is 0.376 e. The average molecular weight is 1440 g/mol. The van der Waals surface area contributed by atoms with Crippen molar-refractivity contribution in [3.05, 3.63) is 201 Å². The summed E-state index contributed by atoms with van der Waals surface area (Å²) in [4.78, 5) is 17.9. The molecule has 0 spiro atoms. The number of likely N-dealkylation sites (tertiary alicyclic amines) is 2. The van der Waals surface area contributed by atoms with Crippen LogP contribution in [-0.4, -0.2) is 175 Å². The Morgan fingerprint density at radius 2 is 0.780 bits per heavy atom. The molecule has 0 unspecified atom stereocenters. The molecule has 6 aromatic rings. The quantitative estimate of drug-likeness (QED) is 0.0131. The molecule has 7 N–H and O–H groups in total. The molecule has 21 nitrogen and oxygen atoms in total. The second-order valence-corrected chi connectivity index (χ2v) is 28.2. The largest absolute Gasteiger partial charge is 0.618 e. The number of pyridine rings is 6. The monoisotopic (exact) mass is 1440 g/mol. The van der Waals surface area contributed by atoms with E-state index in [9.17, 15) is 30.9 Å². The van der Waals surface area contributed by atoms with Gasteiger partial charge in [-0.25, -0.2) is 0 Å². The minimum atomic E-state index is -0.425. The van der Waals surface area contributed by atoms with E-state index in [0.717, 1.165) is 190 Å². The second-order valence-electron chi connectivity index (χ2n) is 27.4. The highest BCUT2D eigenvalue weighted by Gasteiger charge is 2.31. The van der Waals surface area contributed by atoms with E-state index in [4.69, 9.17) is 10.0 Å². The van der Waals surface area contributed by atoms with Gasteiger partial charge < -0.3 is 76.1 Å². The van der Waals surface area contributed by atoms with Gasteiger partial charge in [0, 0.05) is 113 Å². The summed E-state index contributed by atoms with van der Waals surface area (Å²) >= 11 is 3.20. The number of aromatic nitrogens is 6. The summed E-state index contributed by atoms with van der Waals surface area (Å²) in [7, 11) is -1.49. The molecule has 6 fully saturated rings. The van der Waals surface area contributed by atoms with Gasteiger partial charge in [-0.05, 0) is 233 Å². The fourth-order valence-corrected chi connectivity index (χ4v) is 14.3. The third-order valence-corrected chi connectivity index (χ3v) is 20.4. The maximum absolute atomic E-state index is 11.7. The molecule has 1 saturated carbocycles. The number of hydrogen-bond acceptors (Lipinski definition) is 17.